The number of nitrogens with zero attached hydrogens (tertiary/aromatic N) is 2. The number of nitrogens with one attached hydrogen (secondary N) is 3. The molecule has 0 aliphatic rings. The highest BCUT2D eigenvalue weighted by Gasteiger charge is 2.22. The summed E-state index contributed by atoms with van der Waals surface area (Å²) >= 11 is 5.43. The van der Waals surface area contributed by atoms with Crippen LogP contribution >= 0.6 is 12.2 Å². The van der Waals surface area contributed by atoms with Crippen LogP contribution in [-0.2, 0) is 4.79 Å². The molecule has 176 valence electrons. The zero-order chi connectivity index (χ0) is 24.7. The predicted molar refractivity (Wildman–Crippen MR) is 138 cm³/mol. The molecule has 9 nitrogen and oxygen atoms in total. The van der Waals surface area contributed by atoms with E-state index < -0.39 is 11.0 Å². The van der Waals surface area contributed by atoms with Crippen LogP contribution in [0.25, 0.3) is 0 Å². The molecule has 0 saturated carbocycles. The number of non-ortho nitro benzene ring substituents is 1. The zero-order valence-corrected chi connectivity index (χ0v) is 19.8. The van der Waals surface area contributed by atoms with Crippen molar-refractivity contribution in [2.45, 2.75) is 6.04 Å². The summed E-state index contributed by atoms with van der Waals surface area (Å²) in [5.74, 6) is 0.0493. The molecule has 0 aromatic heterocycles. The van der Waals surface area contributed by atoms with Crippen LogP contribution in [0.5, 0.6) is 5.75 Å². The Kier molecular flexibility index (Phi) is 7.99. The van der Waals surface area contributed by atoms with Crippen LogP contribution < -0.4 is 25.6 Å². The second kappa shape index (κ2) is 11.1. The lowest BCUT2D eigenvalue weighted by Crippen LogP contribution is -2.39. The highest BCUT2D eigenvalue weighted by atomic mass is 32.1. The molecule has 1 unspecified atom stereocenters. The molecule has 0 aliphatic carbocycles. The molecule has 1 amide bonds. The van der Waals surface area contributed by atoms with Crippen LogP contribution in [0, 0.1) is 10.1 Å². The Morgan fingerprint density at radius 3 is 2.41 bits per heavy atom. The quantitative estimate of drug-likeness (QED) is 0.249. The van der Waals surface area contributed by atoms with Crippen molar-refractivity contribution in [2.24, 2.45) is 0 Å². The van der Waals surface area contributed by atoms with E-state index in [0.717, 1.165) is 5.69 Å². The first-order valence-corrected chi connectivity index (χ1v) is 10.7. The van der Waals surface area contributed by atoms with Gasteiger partial charge in [0.2, 0.25) is 0 Å². The Bertz CT molecular complexity index is 1190. The van der Waals surface area contributed by atoms with Gasteiger partial charge in [-0.1, -0.05) is 36.4 Å². The molecule has 0 aliphatic heterocycles. The van der Waals surface area contributed by atoms with Crippen molar-refractivity contribution in [3.8, 4) is 5.75 Å². The van der Waals surface area contributed by atoms with E-state index in [4.69, 9.17) is 17.0 Å². The molecule has 0 radical (unpaired) electrons. The van der Waals surface area contributed by atoms with E-state index in [1.807, 2.05) is 67.5 Å². The lowest BCUT2D eigenvalue weighted by Gasteiger charge is -2.22. The third-order valence-electron chi connectivity index (χ3n) is 4.94. The number of nitro groups is 1. The maximum absolute atomic E-state index is 13.3. The van der Waals surface area contributed by atoms with Gasteiger partial charge in [-0.3, -0.25) is 14.9 Å². The molecule has 0 heterocycles. The lowest BCUT2D eigenvalue weighted by atomic mass is 10.1. The minimum absolute atomic E-state index is 0.102. The minimum atomic E-state index is -0.825. The average molecular weight is 480 g/mol. The van der Waals surface area contributed by atoms with Crippen molar-refractivity contribution >= 4 is 46.0 Å². The lowest BCUT2D eigenvalue weighted by molar-refractivity contribution is -0.384. The van der Waals surface area contributed by atoms with Crippen LogP contribution in [-0.4, -0.2) is 37.1 Å². The molecule has 34 heavy (non-hydrogen) atoms. The molecule has 3 N–H and O–H groups in total. The zero-order valence-electron chi connectivity index (χ0n) is 18.9. The number of carbonyl (C=O) groups is 1. The smallest absolute Gasteiger partial charge is 0.271 e. The number of amides is 1. The van der Waals surface area contributed by atoms with E-state index in [-0.39, 0.29) is 16.7 Å². The minimum Gasteiger partial charge on any atom is -0.495 e. The third kappa shape index (κ3) is 6.20. The van der Waals surface area contributed by atoms with E-state index in [1.165, 1.54) is 25.3 Å². The van der Waals surface area contributed by atoms with Gasteiger partial charge in [-0.05, 0) is 42.0 Å². The highest BCUT2D eigenvalue weighted by Crippen LogP contribution is 2.29. The number of nitro benzene ring substituents is 1. The molecule has 0 spiro atoms. The number of ether oxygens (including phenoxy) is 1. The van der Waals surface area contributed by atoms with E-state index in [0.29, 0.717) is 22.7 Å². The van der Waals surface area contributed by atoms with Gasteiger partial charge < -0.3 is 25.6 Å². The Balaban J connectivity index is 1.83. The molecule has 3 aromatic carbocycles. The summed E-state index contributed by atoms with van der Waals surface area (Å²) < 4.78 is 5.27. The second-order valence-electron chi connectivity index (χ2n) is 7.52. The maximum Gasteiger partial charge on any atom is 0.271 e. The van der Waals surface area contributed by atoms with Crippen LogP contribution in [0.4, 0.5) is 22.7 Å². The van der Waals surface area contributed by atoms with E-state index >= 15 is 0 Å². The molecule has 3 aromatic rings. The Hall–Kier alpha value is -4.18. The third-order valence-corrected chi connectivity index (χ3v) is 5.16. The average Bonchev–Trinajstić information content (AvgIpc) is 2.83. The van der Waals surface area contributed by atoms with Crippen LogP contribution in [0.3, 0.4) is 0 Å². The fourth-order valence-electron chi connectivity index (χ4n) is 3.22. The molecule has 10 heteroatoms. The number of methoxy groups -OCH3 is 1. The van der Waals surface area contributed by atoms with Crippen molar-refractivity contribution in [1.29, 1.82) is 0 Å². The van der Waals surface area contributed by atoms with Crippen LogP contribution in [0.2, 0.25) is 0 Å². The van der Waals surface area contributed by atoms with Gasteiger partial charge in [0.05, 0.1) is 17.7 Å². The van der Waals surface area contributed by atoms with E-state index in [9.17, 15) is 14.9 Å². The van der Waals surface area contributed by atoms with Crippen LogP contribution in [0.15, 0.2) is 72.8 Å². The van der Waals surface area contributed by atoms with Gasteiger partial charge in [-0.15, -0.1) is 0 Å². The Labute approximate surface area is 202 Å². The Morgan fingerprint density at radius 2 is 1.76 bits per heavy atom. The number of hydrogen-bond acceptors (Lipinski definition) is 6. The fraction of sp³-hybridized carbons (Fsp3) is 0.167. The summed E-state index contributed by atoms with van der Waals surface area (Å²) in [5.41, 5.74) is 2.46. The van der Waals surface area contributed by atoms with Gasteiger partial charge in [0, 0.05) is 37.6 Å². The summed E-state index contributed by atoms with van der Waals surface area (Å²) in [5, 5.41) is 20.1. The highest BCUT2D eigenvalue weighted by molar-refractivity contribution is 7.80. The van der Waals surface area contributed by atoms with Crippen molar-refractivity contribution in [2.75, 3.05) is 36.7 Å². The molecule has 3 rings (SSSR count). The first-order chi connectivity index (χ1) is 16.3. The topological polar surface area (TPSA) is 109 Å². The standard InChI is InChI=1S/C24H25N5O4S/c1-28(2)18-11-7-10-17(14-18)25-23(30)22(16-8-5-4-6-9-16)27-24(34)26-20-15-19(29(31)32)12-13-21(20)33-3/h4-15,22H,1-3H3,(H,25,30)(H2,26,27,34). The van der Waals surface area contributed by atoms with Crippen molar-refractivity contribution in [3.63, 3.8) is 0 Å². The van der Waals surface area contributed by atoms with Gasteiger partial charge in [-0.2, -0.15) is 0 Å². The number of anilines is 3. The molecule has 0 fully saturated rings. The van der Waals surface area contributed by atoms with Crippen molar-refractivity contribution in [3.05, 3.63) is 88.5 Å². The van der Waals surface area contributed by atoms with Gasteiger partial charge in [0.1, 0.15) is 11.8 Å². The van der Waals surface area contributed by atoms with E-state index in [2.05, 4.69) is 16.0 Å². The molecule has 0 saturated heterocycles. The van der Waals surface area contributed by atoms with Crippen molar-refractivity contribution < 1.29 is 14.5 Å². The summed E-state index contributed by atoms with van der Waals surface area (Å²) in [6, 6.07) is 19.9. The fourth-order valence-corrected chi connectivity index (χ4v) is 3.45. The largest absolute Gasteiger partial charge is 0.495 e. The van der Waals surface area contributed by atoms with Gasteiger partial charge in [0.25, 0.3) is 11.6 Å². The van der Waals surface area contributed by atoms with Gasteiger partial charge in [-0.25, -0.2) is 0 Å². The SMILES string of the molecule is COc1ccc([N+](=O)[O-])cc1NC(=S)NC(C(=O)Nc1cccc(N(C)C)c1)c1ccccc1. The molecular formula is C24H25N5O4S. The molecule has 0 bridgehead atoms. The number of carbonyl (C=O) groups excluding carboxylic acids is 1. The number of hydrogen-bond donors (Lipinski definition) is 3. The monoisotopic (exact) mass is 479 g/mol. The summed E-state index contributed by atoms with van der Waals surface area (Å²) in [6.07, 6.45) is 0. The Morgan fingerprint density at radius 1 is 1.03 bits per heavy atom. The number of thiocarbonyl (C=S) groups is 1. The number of benzene rings is 3. The van der Waals surface area contributed by atoms with Gasteiger partial charge in [0.15, 0.2) is 5.11 Å². The summed E-state index contributed by atoms with van der Waals surface area (Å²) in [6.45, 7) is 0. The summed E-state index contributed by atoms with van der Waals surface area (Å²) in [7, 11) is 5.29. The first-order valence-electron chi connectivity index (χ1n) is 10.3. The van der Waals surface area contributed by atoms with Crippen LogP contribution in [0.1, 0.15) is 11.6 Å². The van der Waals surface area contributed by atoms with Gasteiger partial charge >= 0.3 is 0 Å². The van der Waals surface area contributed by atoms with E-state index in [1.54, 1.807) is 6.07 Å². The first kappa shape index (κ1) is 24.5. The summed E-state index contributed by atoms with van der Waals surface area (Å²) in [4.78, 5) is 25.9. The van der Waals surface area contributed by atoms with Crippen molar-refractivity contribution in [1.82, 2.24) is 5.32 Å². The second-order valence-corrected chi connectivity index (χ2v) is 7.93. The predicted octanol–water partition coefficient (Wildman–Crippen LogP) is 4.34. The number of rotatable bonds is 8. The molecular weight excluding hydrogens is 454 g/mol. The molecule has 1 atom stereocenters. The maximum atomic E-state index is 13.3. The normalized spacial score (nSPS) is 11.1.